The van der Waals surface area contributed by atoms with Crippen molar-refractivity contribution in [3.63, 3.8) is 0 Å². The molecule has 0 aliphatic rings. The highest BCUT2D eigenvalue weighted by molar-refractivity contribution is 6.30. The van der Waals surface area contributed by atoms with Gasteiger partial charge in [-0.1, -0.05) is 29.8 Å². The summed E-state index contributed by atoms with van der Waals surface area (Å²) in [5.74, 6) is -0.340. The van der Waals surface area contributed by atoms with Gasteiger partial charge in [-0.25, -0.2) is 0 Å². The van der Waals surface area contributed by atoms with Crippen LogP contribution in [0.15, 0.2) is 73.2 Å². The lowest BCUT2D eigenvalue weighted by molar-refractivity contribution is -0.122. The second-order valence-electron chi connectivity index (χ2n) is 5.70. The molecule has 0 spiro atoms. The number of halogens is 1. The van der Waals surface area contributed by atoms with E-state index in [0.29, 0.717) is 18.0 Å². The summed E-state index contributed by atoms with van der Waals surface area (Å²) in [6.45, 7) is 0.403. The number of hydrogen-bond acceptors (Lipinski definition) is 3. The first kappa shape index (κ1) is 17.1. The van der Waals surface area contributed by atoms with Crippen LogP contribution in [0.2, 0.25) is 5.02 Å². The predicted molar refractivity (Wildman–Crippen MR) is 98.2 cm³/mol. The summed E-state index contributed by atoms with van der Waals surface area (Å²) in [7, 11) is 0. The van der Waals surface area contributed by atoms with E-state index in [4.69, 9.17) is 11.6 Å². The average Bonchev–Trinajstić information content (AvgIpc) is 2.67. The Morgan fingerprint density at radius 2 is 1.76 bits per heavy atom. The minimum Gasteiger partial charge on any atom is -0.350 e. The summed E-state index contributed by atoms with van der Waals surface area (Å²) < 4.78 is 0. The highest BCUT2D eigenvalue weighted by Gasteiger charge is 2.21. The van der Waals surface area contributed by atoms with Gasteiger partial charge in [0.25, 0.3) is 0 Å². The van der Waals surface area contributed by atoms with Crippen molar-refractivity contribution >= 4 is 17.5 Å². The first-order valence-corrected chi connectivity index (χ1v) is 8.42. The van der Waals surface area contributed by atoms with E-state index < -0.39 is 0 Å². The smallest absolute Gasteiger partial charge is 0.228 e. The first-order chi connectivity index (χ1) is 12.2. The van der Waals surface area contributed by atoms with Gasteiger partial charge < -0.3 is 5.32 Å². The lowest BCUT2D eigenvalue weighted by Crippen LogP contribution is -2.30. The molecule has 1 aromatic carbocycles. The van der Waals surface area contributed by atoms with Crippen LogP contribution in [0.25, 0.3) is 0 Å². The van der Waals surface area contributed by atoms with Crippen molar-refractivity contribution in [3.05, 3.63) is 95.0 Å². The number of benzene rings is 1. The van der Waals surface area contributed by atoms with E-state index in [1.807, 2.05) is 54.6 Å². The minimum atomic E-state index is -0.302. The molecule has 2 heterocycles. The van der Waals surface area contributed by atoms with E-state index in [1.165, 1.54) is 0 Å². The number of aromatic nitrogens is 2. The molecule has 2 aromatic heterocycles. The number of nitrogens with one attached hydrogen (secondary N) is 1. The maximum Gasteiger partial charge on any atom is 0.228 e. The fourth-order valence-corrected chi connectivity index (χ4v) is 2.74. The highest BCUT2D eigenvalue weighted by atomic mass is 35.5. The number of hydrogen-bond donors (Lipinski definition) is 1. The van der Waals surface area contributed by atoms with Gasteiger partial charge in [-0.15, -0.1) is 0 Å². The molecule has 3 rings (SSSR count). The molecular weight excluding hydrogens is 334 g/mol. The largest absolute Gasteiger partial charge is 0.350 e. The molecule has 5 heteroatoms. The van der Waals surface area contributed by atoms with Crippen molar-refractivity contribution in [1.29, 1.82) is 0 Å². The molecule has 0 aliphatic carbocycles. The standard InChI is InChI=1S/C20H18ClN3O/c21-17-6-4-16(5-7-17)19(13-15-8-11-22-12-9-15)20(25)24-14-18-3-1-2-10-23-18/h1-12,19H,13-14H2,(H,24,25). The number of carbonyl (C=O) groups excluding carboxylic acids is 1. The molecule has 1 atom stereocenters. The summed E-state index contributed by atoms with van der Waals surface area (Å²) in [5.41, 5.74) is 2.82. The fraction of sp³-hybridized carbons (Fsp3) is 0.150. The molecule has 0 saturated heterocycles. The summed E-state index contributed by atoms with van der Waals surface area (Å²) >= 11 is 5.98. The topological polar surface area (TPSA) is 54.9 Å². The molecule has 0 fully saturated rings. The third-order valence-electron chi connectivity index (χ3n) is 3.95. The lowest BCUT2D eigenvalue weighted by Gasteiger charge is -2.17. The van der Waals surface area contributed by atoms with E-state index >= 15 is 0 Å². The minimum absolute atomic E-state index is 0.0372. The number of rotatable bonds is 6. The van der Waals surface area contributed by atoms with Crippen LogP contribution in [-0.2, 0) is 17.8 Å². The Bertz CT molecular complexity index is 807. The number of pyridine rings is 2. The lowest BCUT2D eigenvalue weighted by atomic mass is 9.91. The van der Waals surface area contributed by atoms with E-state index in [1.54, 1.807) is 18.6 Å². The molecule has 25 heavy (non-hydrogen) atoms. The van der Waals surface area contributed by atoms with Gasteiger partial charge in [0.2, 0.25) is 5.91 Å². The van der Waals surface area contributed by atoms with Gasteiger partial charge in [-0.3, -0.25) is 14.8 Å². The molecule has 3 aromatic rings. The quantitative estimate of drug-likeness (QED) is 0.735. The van der Waals surface area contributed by atoms with E-state index in [2.05, 4.69) is 15.3 Å². The maximum atomic E-state index is 12.8. The van der Waals surface area contributed by atoms with Crippen molar-refractivity contribution in [2.24, 2.45) is 0 Å². The SMILES string of the molecule is O=C(NCc1ccccn1)C(Cc1ccncc1)c1ccc(Cl)cc1. The molecule has 1 amide bonds. The molecule has 0 saturated carbocycles. The Morgan fingerprint density at radius 3 is 2.44 bits per heavy atom. The summed E-state index contributed by atoms with van der Waals surface area (Å²) in [6, 6.07) is 16.9. The van der Waals surface area contributed by atoms with Gasteiger partial charge in [-0.05, 0) is 53.9 Å². The van der Waals surface area contributed by atoms with Crippen LogP contribution >= 0.6 is 11.6 Å². The van der Waals surface area contributed by atoms with Crippen LogP contribution in [-0.4, -0.2) is 15.9 Å². The number of carbonyl (C=O) groups is 1. The third-order valence-corrected chi connectivity index (χ3v) is 4.20. The second-order valence-corrected chi connectivity index (χ2v) is 6.14. The summed E-state index contributed by atoms with van der Waals surface area (Å²) in [6.07, 6.45) is 5.79. The monoisotopic (exact) mass is 351 g/mol. The first-order valence-electron chi connectivity index (χ1n) is 8.04. The van der Waals surface area contributed by atoms with Crippen LogP contribution < -0.4 is 5.32 Å². The Morgan fingerprint density at radius 1 is 1.00 bits per heavy atom. The zero-order chi connectivity index (χ0) is 17.5. The number of amides is 1. The van der Waals surface area contributed by atoms with Crippen molar-refractivity contribution in [2.45, 2.75) is 18.9 Å². The Hall–Kier alpha value is -2.72. The van der Waals surface area contributed by atoms with Crippen molar-refractivity contribution < 1.29 is 4.79 Å². The molecule has 126 valence electrons. The molecular formula is C20H18ClN3O. The number of nitrogens with zero attached hydrogens (tertiary/aromatic N) is 2. The Labute approximate surface area is 151 Å². The maximum absolute atomic E-state index is 12.8. The Balaban J connectivity index is 1.77. The summed E-state index contributed by atoms with van der Waals surface area (Å²) in [5, 5.41) is 3.64. The van der Waals surface area contributed by atoms with E-state index in [-0.39, 0.29) is 11.8 Å². The zero-order valence-corrected chi connectivity index (χ0v) is 14.4. The van der Waals surface area contributed by atoms with Gasteiger partial charge in [0.05, 0.1) is 18.2 Å². The fourth-order valence-electron chi connectivity index (χ4n) is 2.62. The van der Waals surface area contributed by atoms with Gasteiger partial charge >= 0.3 is 0 Å². The molecule has 1 N–H and O–H groups in total. The predicted octanol–water partition coefficient (Wildman–Crippen LogP) is 3.77. The summed E-state index contributed by atoms with van der Waals surface area (Å²) in [4.78, 5) is 21.1. The second kappa shape index (κ2) is 8.40. The van der Waals surface area contributed by atoms with E-state index in [9.17, 15) is 4.79 Å². The van der Waals surface area contributed by atoms with E-state index in [0.717, 1.165) is 16.8 Å². The van der Waals surface area contributed by atoms with Crippen molar-refractivity contribution in [3.8, 4) is 0 Å². The molecule has 0 bridgehead atoms. The van der Waals surface area contributed by atoms with Gasteiger partial charge in [0.15, 0.2) is 0 Å². The molecule has 0 aliphatic heterocycles. The van der Waals surface area contributed by atoms with Crippen molar-refractivity contribution in [1.82, 2.24) is 15.3 Å². The highest BCUT2D eigenvalue weighted by Crippen LogP contribution is 2.23. The normalized spacial score (nSPS) is 11.7. The van der Waals surface area contributed by atoms with Gasteiger partial charge in [-0.2, -0.15) is 0 Å². The Kier molecular flexibility index (Phi) is 5.75. The molecule has 0 radical (unpaired) electrons. The van der Waals surface area contributed by atoms with Crippen LogP contribution in [0.4, 0.5) is 0 Å². The van der Waals surface area contributed by atoms with Crippen LogP contribution in [0.5, 0.6) is 0 Å². The van der Waals surface area contributed by atoms with Gasteiger partial charge in [0.1, 0.15) is 0 Å². The molecule has 4 nitrogen and oxygen atoms in total. The third kappa shape index (κ3) is 4.88. The van der Waals surface area contributed by atoms with Gasteiger partial charge in [0, 0.05) is 23.6 Å². The van der Waals surface area contributed by atoms with Crippen LogP contribution in [0.3, 0.4) is 0 Å². The van der Waals surface area contributed by atoms with Crippen LogP contribution in [0, 0.1) is 0 Å². The average molecular weight is 352 g/mol. The molecule has 1 unspecified atom stereocenters. The zero-order valence-electron chi connectivity index (χ0n) is 13.6. The van der Waals surface area contributed by atoms with Crippen LogP contribution in [0.1, 0.15) is 22.7 Å². The van der Waals surface area contributed by atoms with Crippen molar-refractivity contribution in [2.75, 3.05) is 0 Å².